The molecule has 2 unspecified atom stereocenters. The lowest BCUT2D eigenvalue weighted by atomic mass is 10.0. The highest BCUT2D eigenvalue weighted by atomic mass is 16.4. The number of carboxylic acid groups (broad SMARTS) is 2. The number of nitrogen functional groups attached to an aromatic ring is 1. The fourth-order valence-corrected chi connectivity index (χ4v) is 2.46. The molecule has 1 rings (SSSR count). The number of benzene rings is 1. The molecule has 1 aromatic rings. The van der Waals surface area contributed by atoms with E-state index in [1.165, 1.54) is 24.3 Å². The fraction of sp³-hybridized carbons (Fsp3) is 0.333. The molecule has 0 saturated carbocycles. The Bertz CT molecular complexity index is 812. The summed E-state index contributed by atoms with van der Waals surface area (Å²) in [6.07, 6.45) is -0.207. The molecule has 1 amide bonds. The van der Waals surface area contributed by atoms with E-state index in [4.69, 9.17) is 21.4 Å². The fourth-order valence-electron chi connectivity index (χ4n) is 2.46. The molecule has 0 radical (unpaired) electrons. The van der Waals surface area contributed by atoms with E-state index in [1.54, 1.807) is 0 Å². The van der Waals surface area contributed by atoms with Crippen LogP contribution in [-0.2, 0) is 19.2 Å². The highest BCUT2D eigenvalue weighted by molar-refractivity contribution is 5.99. The zero-order valence-electron chi connectivity index (χ0n) is 15.9. The molecule has 0 fully saturated rings. The Morgan fingerprint density at radius 1 is 1.03 bits per heavy atom. The molecule has 12 heteroatoms. The van der Waals surface area contributed by atoms with Crippen LogP contribution in [-0.4, -0.2) is 71.3 Å². The average Bonchev–Trinajstić information content (AvgIpc) is 2.70. The zero-order valence-corrected chi connectivity index (χ0v) is 15.9. The number of amides is 1. The predicted octanol–water partition coefficient (Wildman–Crippen LogP) is -1.71. The molecule has 0 spiro atoms. The molecule has 30 heavy (non-hydrogen) atoms. The summed E-state index contributed by atoms with van der Waals surface area (Å²) in [4.78, 5) is 57.7. The van der Waals surface area contributed by atoms with Crippen LogP contribution in [0, 0.1) is 5.41 Å². The molecule has 1 aromatic carbocycles. The third kappa shape index (κ3) is 7.07. The Morgan fingerprint density at radius 2 is 1.57 bits per heavy atom. The van der Waals surface area contributed by atoms with Crippen molar-refractivity contribution in [2.75, 3.05) is 13.1 Å². The van der Waals surface area contributed by atoms with E-state index in [2.05, 4.69) is 16.0 Å². The quantitative estimate of drug-likeness (QED) is 0.0782. The van der Waals surface area contributed by atoms with Crippen LogP contribution in [0.1, 0.15) is 28.8 Å². The molecule has 0 bridgehead atoms. The summed E-state index contributed by atoms with van der Waals surface area (Å²) >= 11 is 0. The second-order valence-electron chi connectivity index (χ2n) is 6.21. The van der Waals surface area contributed by atoms with Gasteiger partial charge in [0, 0.05) is 24.2 Å². The van der Waals surface area contributed by atoms with E-state index >= 15 is 0 Å². The third-order valence-electron chi connectivity index (χ3n) is 4.05. The number of aliphatic carboxylic acids is 2. The largest absolute Gasteiger partial charge is 0.481 e. The Hall–Kier alpha value is -3.64. The van der Waals surface area contributed by atoms with Crippen LogP contribution < -0.4 is 21.7 Å². The van der Waals surface area contributed by atoms with Crippen molar-refractivity contribution in [2.24, 2.45) is 5.73 Å². The van der Waals surface area contributed by atoms with Gasteiger partial charge in [0.1, 0.15) is 18.2 Å². The van der Waals surface area contributed by atoms with E-state index in [-0.39, 0.29) is 37.2 Å². The molecule has 0 heterocycles. The predicted molar refractivity (Wildman–Crippen MR) is 104 cm³/mol. The van der Waals surface area contributed by atoms with Crippen LogP contribution in [0.5, 0.6) is 0 Å². The SMILES string of the molecule is N=C(N)c1ccc(C(=O)NC(C=O)(NCCC(=O)O)C(C=O)NCCC(=O)O)cc1. The first-order valence-electron chi connectivity index (χ1n) is 8.75. The molecule has 0 aliphatic carbocycles. The minimum atomic E-state index is -2.04. The van der Waals surface area contributed by atoms with Gasteiger partial charge in [-0.2, -0.15) is 0 Å². The van der Waals surface area contributed by atoms with Crippen molar-refractivity contribution in [2.45, 2.75) is 24.5 Å². The van der Waals surface area contributed by atoms with Crippen LogP contribution in [0.25, 0.3) is 0 Å². The van der Waals surface area contributed by atoms with Gasteiger partial charge in [-0.1, -0.05) is 12.1 Å². The number of carbonyl (C=O) groups is 5. The first-order chi connectivity index (χ1) is 14.1. The van der Waals surface area contributed by atoms with Crippen molar-refractivity contribution in [1.82, 2.24) is 16.0 Å². The van der Waals surface area contributed by atoms with Crippen LogP contribution in [0.2, 0.25) is 0 Å². The molecule has 162 valence electrons. The number of nitrogens with one attached hydrogen (secondary N) is 4. The summed E-state index contributed by atoms with van der Waals surface area (Å²) in [7, 11) is 0. The lowest BCUT2D eigenvalue weighted by Crippen LogP contribution is -2.71. The molecule has 0 aromatic heterocycles. The summed E-state index contributed by atoms with van der Waals surface area (Å²) in [6.45, 7) is -0.444. The topological polar surface area (TPSA) is 212 Å². The molecule has 8 N–H and O–H groups in total. The minimum absolute atomic E-state index is 0.0847. The van der Waals surface area contributed by atoms with E-state index in [9.17, 15) is 24.0 Å². The van der Waals surface area contributed by atoms with Gasteiger partial charge in [-0.3, -0.25) is 29.9 Å². The van der Waals surface area contributed by atoms with Gasteiger partial charge in [-0.15, -0.1) is 0 Å². The number of carbonyl (C=O) groups excluding carboxylic acids is 3. The lowest BCUT2D eigenvalue weighted by molar-refractivity contribution is -0.138. The van der Waals surface area contributed by atoms with Gasteiger partial charge in [0.2, 0.25) is 0 Å². The number of rotatable bonds is 14. The number of hydrogen-bond acceptors (Lipinski definition) is 8. The van der Waals surface area contributed by atoms with Gasteiger partial charge in [-0.25, -0.2) is 0 Å². The maximum absolute atomic E-state index is 12.7. The monoisotopic (exact) mass is 421 g/mol. The molecular formula is C18H23N5O7. The Morgan fingerprint density at radius 3 is 2.03 bits per heavy atom. The van der Waals surface area contributed by atoms with Crippen LogP contribution in [0.4, 0.5) is 0 Å². The van der Waals surface area contributed by atoms with Gasteiger partial charge in [0.05, 0.1) is 12.8 Å². The number of carboxylic acids is 2. The second kappa shape index (κ2) is 11.4. The van der Waals surface area contributed by atoms with Gasteiger partial charge < -0.3 is 31.4 Å². The molecule has 0 aliphatic heterocycles. The molecule has 0 saturated heterocycles. The summed E-state index contributed by atoms with van der Waals surface area (Å²) in [5.74, 6) is -3.29. The van der Waals surface area contributed by atoms with Crippen LogP contribution in [0.3, 0.4) is 0 Å². The van der Waals surface area contributed by atoms with E-state index in [1.807, 2.05) is 0 Å². The summed E-state index contributed by atoms with van der Waals surface area (Å²) in [6, 6.07) is 4.16. The Labute approximate surface area is 171 Å². The van der Waals surface area contributed by atoms with Crippen molar-refractivity contribution in [1.29, 1.82) is 5.41 Å². The number of nitrogens with two attached hydrogens (primary N) is 1. The second-order valence-corrected chi connectivity index (χ2v) is 6.21. The molecule has 0 aliphatic rings. The third-order valence-corrected chi connectivity index (χ3v) is 4.05. The molecular weight excluding hydrogens is 398 g/mol. The first-order valence-corrected chi connectivity index (χ1v) is 8.75. The lowest BCUT2D eigenvalue weighted by Gasteiger charge is -2.35. The highest BCUT2D eigenvalue weighted by Gasteiger charge is 2.40. The smallest absolute Gasteiger partial charge is 0.304 e. The Balaban J connectivity index is 3.12. The zero-order chi connectivity index (χ0) is 22.7. The summed E-state index contributed by atoms with van der Waals surface area (Å²) < 4.78 is 0. The summed E-state index contributed by atoms with van der Waals surface area (Å²) in [5.41, 5.74) is 3.78. The number of amidine groups is 1. The summed E-state index contributed by atoms with van der Waals surface area (Å²) in [5, 5.41) is 32.4. The van der Waals surface area contributed by atoms with Crippen molar-refractivity contribution >= 4 is 36.3 Å². The standard InChI is InChI=1S/C18H23N5O7/c19-16(20)11-1-3-12(4-2-11)17(30)23-18(10-25,22-8-6-15(28)29)13(9-24)21-7-5-14(26)27/h1-4,9-10,13,21-22H,5-8H2,(H3,19,20)(H,23,30)(H,26,27)(H,28,29). The van der Waals surface area contributed by atoms with Gasteiger partial charge in [0.25, 0.3) is 5.91 Å². The first kappa shape index (κ1) is 24.4. The van der Waals surface area contributed by atoms with E-state index in [0.717, 1.165) is 0 Å². The average molecular weight is 421 g/mol. The van der Waals surface area contributed by atoms with Gasteiger partial charge >= 0.3 is 11.9 Å². The van der Waals surface area contributed by atoms with E-state index in [0.29, 0.717) is 11.8 Å². The van der Waals surface area contributed by atoms with E-state index < -0.39 is 36.0 Å². The van der Waals surface area contributed by atoms with Crippen molar-refractivity contribution < 1.29 is 34.2 Å². The Kier molecular flexibility index (Phi) is 9.26. The maximum Gasteiger partial charge on any atom is 0.304 e. The molecule has 2 atom stereocenters. The number of hydrogen-bond donors (Lipinski definition) is 7. The van der Waals surface area contributed by atoms with Gasteiger partial charge in [0.15, 0.2) is 11.9 Å². The normalized spacial score (nSPS) is 13.5. The molecule has 12 nitrogen and oxygen atoms in total. The highest BCUT2D eigenvalue weighted by Crippen LogP contribution is 2.09. The van der Waals surface area contributed by atoms with Crippen LogP contribution >= 0.6 is 0 Å². The maximum atomic E-state index is 12.7. The van der Waals surface area contributed by atoms with Crippen molar-refractivity contribution in [3.63, 3.8) is 0 Å². The van der Waals surface area contributed by atoms with Crippen molar-refractivity contribution in [3.05, 3.63) is 35.4 Å². The van der Waals surface area contributed by atoms with Crippen LogP contribution in [0.15, 0.2) is 24.3 Å². The van der Waals surface area contributed by atoms with Gasteiger partial charge in [-0.05, 0) is 12.1 Å². The van der Waals surface area contributed by atoms with Crippen molar-refractivity contribution in [3.8, 4) is 0 Å². The number of aldehydes is 2. The minimum Gasteiger partial charge on any atom is -0.481 e.